The van der Waals surface area contributed by atoms with Gasteiger partial charge in [-0.3, -0.25) is 0 Å². The third kappa shape index (κ3) is 1.96. The molecule has 5 nitrogen and oxygen atoms in total. The van der Waals surface area contributed by atoms with E-state index in [1.54, 1.807) is 6.33 Å². The van der Waals surface area contributed by atoms with Gasteiger partial charge in [-0.15, -0.1) is 0 Å². The fourth-order valence-corrected chi connectivity index (χ4v) is 3.63. The Labute approximate surface area is 129 Å². The molecule has 112 valence electrons. The summed E-state index contributed by atoms with van der Waals surface area (Å²) in [5, 5.41) is 0. The molecule has 2 heterocycles. The predicted molar refractivity (Wildman–Crippen MR) is 84.4 cm³/mol. The Kier molecular flexibility index (Phi) is 2.89. The Bertz CT molecular complexity index is 744. The third-order valence-electron chi connectivity index (χ3n) is 4.84. The van der Waals surface area contributed by atoms with Gasteiger partial charge >= 0.3 is 0 Å². The molecule has 2 aliphatic rings. The fourth-order valence-electron chi connectivity index (χ4n) is 3.63. The lowest BCUT2D eigenvalue weighted by atomic mass is 9.74. The van der Waals surface area contributed by atoms with Crippen molar-refractivity contribution >= 4 is 6.02 Å². The first-order chi connectivity index (χ1) is 10.7. The van der Waals surface area contributed by atoms with Crippen molar-refractivity contribution in [1.82, 2.24) is 9.97 Å². The number of benzene rings is 1. The highest BCUT2D eigenvalue weighted by Gasteiger charge is 2.45. The molecule has 0 radical (unpaired) electrons. The summed E-state index contributed by atoms with van der Waals surface area (Å²) >= 11 is 0. The van der Waals surface area contributed by atoms with Gasteiger partial charge in [-0.25, -0.2) is 15.0 Å². The third-order valence-corrected chi connectivity index (χ3v) is 4.84. The molecule has 1 aliphatic heterocycles. The van der Waals surface area contributed by atoms with E-state index in [4.69, 9.17) is 10.5 Å². The van der Waals surface area contributed by atoms with Gasteiger partial charge in [0.2, 0.25) is 0 Å². The van der Waals surface area contributed by atoms with Crippen molar-refractivity contribution in [2.45, 2.75) is 37.8 Å². The number of aliphatic imine (C=N–C) groups is 1. The van der Waals surface area contributed by atoms with Crippen molar-refractivity contribution in [3.05, 3.63) is 48.0 Å². The summed E-state index contributed by atoms with van der Waals surface area (Å²) in [6.45, 7) is 2.06. The van der Waals surface area contributed by atoms with E-state index in [2.05, 4.69) is 40.1 Å². The van der Waals surface area contributed by atoms with Crippen LogP contribution in [-0.2, 0) is 17.6 Å². The van der Waals surface area contributed by atoms with Crippen molar-refractivity contribution in [2.75, 3.05) is 0 Å². The van der Waals surface area contributed by atoms with Gasteiger partial charge in [0.25, 0.3) is 6.02 Å². The van der Waals surface area contributed by atoms with E-state index in [-0.39, 0.29) is 11.6 Å². The number of rotatable bonds is 1. The molecule has 0 amide bonds. The van der Waals surface area contributed by atoms with Gasteiger partial charge in [0.15, 0.2) is 0 Å². The number of fused-ring (bicyclic) bond motifs is 1. The lowest BCUT2D eigenvalue weighted by Gasteiger charge is -2.35. The van der Waals surface area contributed by atoms with Crippen molar-refractivity contribution in [3.8, 4) is 11.1 Å². The molecule has 0 saturated heterocycles. The minimum absolute atomic E-state index is 0.0318. The number of hydrogen-bond acceptors (Lipinski definition) is 5. The molecule has 4 rings (SSSR count). The van der Waals surface area contributed by atoms with Crippen LogP contribution in [0.15, 0.2) is 41.9 Å². The number of aromatic nitrogens is 2. The first kappa shape index (κ1) is 13.2. The second kappa shape index (κ2) is 4.80. The Hall–Kier alpha value is -2.43. The molecule has 1 aromatic heterocycles. The standard InChI is InChI=1S/C17H18N4O/c1-11-17(21-16(18)22-11)6-5-15-12(7-17)3-2-4-14(15)13-8-19-10-20-9-13/h2-4,8-11H,5-7H2,1H3,(H2,18,21). The zero-order valence-electron chi connectivity index (χ0n) is 12.5. The summed E-state index contributed by atoms with van der Waals surface area (Å²) in [6.07, 6.45) is 8.10. The van der Waals surface area contributed by atoms with Crippen LogP contribution in [0.3, 0.4) is 0 Å². The van der Waals surface area contributed by atoms with Crippen molar-refractivity contribution in [1.29, 1.82) is 0 Å². The van der Waals surface area contributed by atoms with E-state index in [0.717, 1.165) is 24.8 Å². The van der Waals surface area contributed by atoms with Crippen molar-refractivity contribution < 1.29 is 4.74 Å². The highest BCUT2D eigenvalue weighted by Crippen LogP contribution is 2.41. The summed E-state index contributed by atoms with van der Waals surface area (Å²) in [6, 6.07) is 6.74. The van der Waals surface area contributed by atoms with Crippen LogP contribution in [0, 0.1) is 0 Å². The Morgan fingerprint density at radius 3 is 2.82 bits per heavy atom. The molecular formula is C17H18N4O. The summed E-state index contributed by atoms with van der Waals surface area (Å²) in [4.78, 5) is 12.9. The van der Waals surface area contributed by atoms with Gasteiger partial charge in [0, 0.05) is 24.4 Å². The van der Waals surface area contributed by atoms with Crippen LogP contribution in [0.1, 0.15) is 24.5 Å². The molecule has 1 aliphatic carbocycles. The van der Waals surface area contributed by atoms with Crippen LogP contribution in [0.25, 0.3) is 11.1 Å². The van der Waals surface area contributed by atoms with Crippen LogP contribution in [0.2, 0.25) is 0 Å². The molecule has 0 saturated carbocycles. The van der Waals surface area contributed by atoms with Gasteiger partial charge in [0.1, 0.15) is 18.0 Å². The second-order valence-corrected chi connectivity index (χ2v) is 6.06. The number of ether oxygens (including phenoxy) is 1. The van der Waals surface area contributed by atoms with Gasteiger partial charge in [0.05, 0.1) is 0 Å². The quantitative estimate of drug-likeness (QED) is 0.874. The minimum Gasteiger partial charge on any atom is -0.460 e. The molecule has 2 N–H and O–H groups in total. The molecule has 1 spiro atoms. The Morgan fingerprint density at radius 2 is 2.09 bits per heavy atom. The van der Waals surface area contributed by atoms with Gasteiger partial charge < -0.3 is 10.5 Å². The smallest absolute Gasteiger partial charge is 0.282 e. The zero-order chi connectivity index (χ0) is 15.2. The maximum absolute atomic E-state index is 5.78. The van der Waals surface area contributed by atoms with E-state index in [0.29, 0.717) is 6.02 Å². The lowest BCUT2D eigenvalue weighted by Crippen LogP contribution is -2.41. The summed E-state index contributed by atoms with van der Waals surface area (Å²) in [5.74, 6) is 0. The molecule has 0 fully saturated rings. The van der Waals surface area contributed by atoms with Crippen LogP contribution < -0.4 is 5.73 Å². The molecule has 1 aromatic carbocycles. The number of nitrogens with zero attached hydrogens (tertiary/aromatic N) is 3. The molecule has 2 aromatic rings. The lowest BCUT2D eigenvalue weighted by molar-refractivity contribution is 0.140. The van der Waals surface area contributed by atoms with E-state index in [9.17, 15) is 0 Å². The average molecular weight is 294 g/mol. The molecule has 0 bridgehead atoms. The number of amidine groups is 1. The summed E-state index contributed by atoms with van der Waals surface area (Å²) in [7, 11) is 0. The van der Waals surface area contributed by atoms with Gasteiger partial charge in [-0.2, -0.15) is 0 Å². The first-order valence-electron chi connectivity index (χ1n) is 7.56. The van der Waals surface area contributed by atoms with E-state index < -0.39 is 0 Å². The second-order valence-electron chi connectivity index (χ2n) is 6.06. The van der Waals surface area contributed by atoms with E-state index in [1.165, 1.54) is 16.7 Å². The average Bonchev–Trinajstić information content (AvgIpc) is 2.80. The van der Waals surface area contributed by atoms with Gasteiger partial charge in [-0.1, -0.05) is 18.2 Å². The number of hydrogen-bond donors (Lipinski definition) is 1. The Morgan fingerprint density at radius 1 is 1.27 bits per heavy atom. The maximum atomic E-state index is 5.78. The van der Waals surface area contributed by atoms with E-state index >= 15 is 0 Å². The topological polar surface area (TPSA) is 73.4 Å². The van der Waals surface area contributed by atoms with Crippen LogP contribution >= 0.6 is 0 Å². The zero-order valence-corrected chi connectivity index (χ0v) is 12.5. The molecule has 2 unspecified atom stereocenters. The van der Waals surface area contributed by atoms with Crippen molar-refractivity contribution in [2.24, 2.45) is 10.7 Å². The van der Waals surface area contributed by atoms with Crippen LogP contribution in [-0.4, -0.2) is 27.6 Å². The Balaban J connectivity index is 1.76. The number of nitrogens with two attached hydrogens (primary N) is 1. The van der Waals surface area contributed by atoms with Crippen molar-refractivity contribution in [3.63, 3.8) is 0 Å². The molecule has 2 atom stereocenters. The highest BCUT2D eigenvalue weighted by atomic mass is 16.5. The summed E-state index contributed by atoms with van der Waals surface area (Å²) in [5.41, 5.74) is 10.6. The van der Waals surface area contributed by atoms with Gasteiger partial charge in [-0.05, 0) is 36.5 Å². The van der Waals surface area contributed by atoms with Crippen LogP contribution in [0.4, 0.5) is 0 Å². The molecule has 22 heavy (non-hydrogen) atoms. The fraction of sp³-hybridized carbons (Fsp3) is 0.353. The highest BCUT2D eigenvalue weighted by molar-refractivity contribution is 5.75. The normalized spacial score (nSPS) is 26.4. The van der Waals surface area contributed by atoms with E-state index in [1.807, 2.05) is 12.4 Å². The monoisotopic (exact) mass is 294 g/mol. The SMILES string of the molecule is CC1OC(N)=NC12CCc1c(cccc1-c1cncnc1)C2. The summed E-state index contributed by atoms with van der Waals surface area (Å²) < 4.78 is 5.59. The predicted octanol–water partition coefficient (Wildman–Crippen LogP) is 2.10. The molecule has 5 heteroatoms. The first-order valence-corrected chi connectivity index (χ1v) is 7.56. The molecular weight excluding hydrogens is 276 g/mol. The van der Waals surface area contributed by atoms with Crippen LogP contribution in [0.5, 0.6) is 0 Å². The largest absolute Gasteiger partial charge is 0.460 e. The maximum Gasteiger partial charge on any atom is 0.282 e. The minimum atomic E-state index is -0.205.